The summed E-state index contributed by atoms with van der Waals surface area (Å²) < 4.78 is 10.7. The number of amides is 2. The number of carbonyl (C=O) groups is 2. The molecule has 0 spiro atoms. The second-order valence-electron chi connectivity index (χ2n) is 5.99. The Kier molecular flexibility index (Phi) is 7.80. The number of hydrogen-bond donors (Lipinski definition) is 2. The van der Waals surface area contributed by atoms with E-state index in [-0.39, 0.29) is 12.6 Å². The normalized spacial score (nSPS) is 16.6. The summed E-state index contributed by atoms with van der Waals surface area (Å²) in [4.78, 5) is 24.8. The number of ether oxygens (including phenoxy) is 2. The van der Waals surface area contributed by atoms with Crippen LogP contribution in [0.4, 0.5) is 4.79 Å². The fourth-order valence-corrected chi connectivity index (χ4v) is 3.51. The molecule has 1 aromatic carbocycles. The zero-order valence-corrected chi connectivity index (χ0v) is 17.2. The molecule has 27 heavy (non-hydrogen) atoms. The minimum Gasteiger partial charge on any atom is -0.491 e. The standard InChI is InChI=1S/C19H24Cl2N2O4/c1-4-7-8-14-15(18(24)27-6-3)16(23-19(25)22-14)11-9-12(20)17(26-5-2)13(21)10-11/h9-10,16H,4-8H2,1-3H3,(H2,22,23,25). The Morgan fingerprint density at radius 2 is 1.81 bits per heavy atom. The first kappa shape index (κ1) is 21.4. The molecule has 6 nitrogen and oxygen atoms in total. The lowest BCUT2D eigenvalue weighted by Crippen LogP contribution is -2.46. The molecular formula is C19H24Cl2N2O4. The number of rotatable bonds is 8. The van der Waals surface area contributed by atoms with Crippen LogP contribution in [0.2, 0.25) is 10.0 Å². The maximum atomic E-state index is 12.6. The first-order valence-corrected chi connectivity index (χ1v) is 9.77. The van der Waals surface area contributed by atoms with Gasteiger partial charge in [0.1, 0.15) is 0 Å². The average Bonchev–Trinajstić information content (AvgIpc) is 2.62. The average molecular weight is 415 g/mol. The zero-order chi connectivity index (χ0) is 20.0. The van der Waals surface area contributed by atoms with Crippen LogP contribution in [0, 0.1) is 0 Å². The maximum absolute atomic E-state index is 12.6. The topological polar surface area (TPSA) is 76.7 Å². The Morgan fingerprint density at radius 3 is 2.37 bits per heavy atom. The monoisotopic (exact) mass is 414 g/mol. The summed E-state index contributed by atoms with van der Waals surface area (Å²) in [7, 11) is 0. The van der Waals surface area contributed by atoms with E-state index in [9.17, 15) is 9.59 Å². The lowest BCUT2D eigenvalue weighted by molar-refractivity contribution is -0.139. The smallest absolute Gasteiger partial charge is 0.338 e. The van der Waals surface area contributed by atoms with Crippen LogP contribution >= 0.6 is 23.2 Å². The first-order valence-electron chi connectivity index (χ1n) is 9.02. The van der Waals surface area contributed by atoms with Gasteiger partial charge in [0.2, 0.25) is 0 Å². The van der Waals surface area contributed by atoms with Crippen LogP contribution in [0.3, 0.4) is 0 Å². The molecule has 148 valence electrons. The summed E-state index contributed by atoms with van der Waals surface area (Å²) in [5.41, 5.74) is 1.51. The van der Waals surface area contributed by atoms with Crippen molar-refractivity contribution in [3.05, 3.63) is 39.0 Å². The molecule has 0 aromatic heterocycles. The van der Waals surface area contributed by atoms with Gasteiger partial charge in [0, 0.05) is 5.70 Å². The Morgan fingerprint density at radius 1 is 1.15 bits per heavy atom. The lowest BCUT2D eigenvalue weighted by atomic mass is 9.93. The van der Waals surface area contributed by atoms with Gasteiger partial charge in [0.25, 0.3) is 0 Å². The Bertz CT molecular complexity index is 726. The summed E-state index contributed by atoms with van der Waals surface area (Å²) in [6, 6.07) is 2.19. The first-order chi connectivity index (χ1) is 12.9. The summed E-state index contributed by atoms with van der Waals surface area (Å²) >= 11 is 12.6. The van der Waals surface area contributed by atoms with Crippen molar-refractivity contribution in [1.82, 2.24) is 10.6 Å². The highest BCUT2D eigenvalue weighted by Crippen LogP contribution is 2.38. The van der Waals surface area contributed by atoms with Crippen molar-refractivity contribution in [2.24, 2.45) is 0 Å². The lowest BCUT2D eigenvalue weighted by Gasteiger charge is -2.30. The molecule has 2 amide bonds. The fraction of sp³-hybridized carbons (Fsp3) is 0.474. The molecule has 0 bridgehead atoms. The van der Waals surface area contributed by atoms with E-state index in [1.54, 1.807) is 19.1 Å². The quantitative estimate of drug-likeness (QED) is 0.601. The predicted molar refractivity (Wildman–Crippen MR) is 105 cm³/mol. The Labute approximate surface area is 169 Å². The second-order valence-corrected chi connectivity index (χ2v) is 6.81. The van der Waals surface area contributed by atoms with Crippen molar-refractivity contribution < 1.29 is 19.1 Å². The molecule has 1 aromatic rings. The van der Waals surface area contributed by atoms with E-state index in [0.29, 0.717) is 45.7 Å². The Balaban J connectivity index is 2.53. The fourth-order valence-electron chi connectivity index (χ4n) is 2.90. The zero-order valence-electron chi connectivity index (χ0n) is 15.7. The summed E-state index contributed by atoms with van der Waals surface area (Å²) in [5, 5.41) is 6.13. The second kappa shape index (κ2) is 9.85. The number of benzene rings is 1. The van der Waals surface area contributed by atoms with Gasteiger partial charge >= 0.3 is 12.0 Å². The molecule has 1 aliphatic rings. The van der Waals surface area contributed by atoms with E-state index in [0.717, 1.165) is 12.8 Å². The van der Waals surface area contributed by atoms with Gasteiger partial charge in [0.05, 0.1) is 34.9 Å². The van der Waals surface area contributed by atoms with Crippen LogP contribution in [0.5, 0.6) is 5.75 Å². The van der Waals surface area contributed by atoms with Gasteiger partial charge in [-0.1, -0.05) is 36.5 Å². The highest BCUT2D eigenvalue weighted by molar-refractivity contribution is 6.37. The highest BCUT2D eigenvalue weighted by atomic mass is 35.5. The third kappa shape index (κ3) is 5.08. The van der Waals surface area contributed by atoms with Crippen LogP contribution < -0.4 is 15.4 Å². The summed E-state index contributed by atoms with van der Waals surface area (Å²) in [6.45, 7) is 6.25. The van der Waals surface area contributed by atoms with Crippen molar-refractivity contribution in [2.75, 3.05) is 13.2 Å². The number of hydrogen-bond acceptors (Lipinski definition) is 4. The number of unbranched alkanes of at least 4 members (excludes halogenated alkanes) is 1. The van der Waals surface area contributed by atoms with Gasteiger partial charge in [0.15, 0.2) is 5.75 Å². The number of urea groups is 1. The number of carbonyl (C=O) groups excluding carboxylic acids is 2. The minimum atomic E-state index is -0.713. The molecule has 0 saturated carbocycles. The Hall–Kier alpha value is -1.92. The van der Waals surface area contributed by atoms with Gasteiger partial charge in [-0.05, 0) is 44.4 Å². The van der Waals surface area contributed by atoms with E-state index in [1.807, 2.05) is 13.8 Å². The summed E-state index contributed by atoms with van der Waals surface area (Å²) in [5.74, 6) is -0.111. The van der Waals surface area contributed by atoms with E-state index in [4.69, 9.17) is 32.7 Å². The van der Waals surface area contributed by atoms with Gasteiger partial charge in [-0.2, -0.15) is 0 Å². The summed E-state index contributed by atoms with van der Waals surface area (Å²) in [6.07, 6.45) is 2.32. The van der Waals surface area contributed by atoms with Crippen molar-refractivity contribution in [1.29, 1.82) is 0 Å². The molecule has 1 atom stereocenters. The van der Waals surface area contributed by atoms with Crippen LogP contribution in [-0.4, -0.2) is 25.2 Å². The van der Waals surface area contributed by atoms with Crippen LogP contribution in [0.15, 0.2) is 23.4 Å². The molecule has 0 radical (unpaired) electrons. The SMILES string of the molecule is CCCCC1=C(C(=O)OCC)C(c2cc(Cl)c(OCC)c(Cl)c2)NC(=O)N1. The predicted octanol–water partition coefficient (Wildman–Crippen LogP) is 4.75. The molecule has 1 heterocycles. The highest BCUT2D eigenvalue weighted by Gasteiger charge is 2.34. The number of halogens is 2. The largest absolute Gasteiger partial charge is 0.491 e. The van der Waals surface area contributed by atoms with E-state index in [1.165, 1.54) is 0 Å². The van der Waals surface area contributed by atoms with Crippen molar-refractivity contribution >= 4 is 35.2 Å². The van der Waals surface area contributed by atoms with Crippen molar-refractivity contribution in [3.63, 3.8) is 0 Å². The van der Waals surface area contributed by atoms with Crippen LogP contribution in [0.25, 0.3) is 0 Å². The van der Waals surface area contributed by atoms with E-state index in [2.05, 4.69) is 10.6 Å². The molecule has 1 aliphatic heterocycles. The van der Waals surface area contributed by atoms with Crippen LogP contribution in [-0.2, 0) is 9.53 Å². The van der Waals surface area contributed by atoms with E-state index >= 15 is 0 Å². The molecule has 8 heteroatoms. The molecule has 0 aliphatic carbocycles. The molecule has 2 N–H and O–H groups in total. The van der Waals surface area contributed by atoms with Gasteiger partial charge < -0.3 is 20.1 Å². The van der Waals surface area contributed by atoms with Gasteiger partial charge in [-0.25, -0.2) is 9.59 Å². The molecular weight excluding hydrogens is 391 g/mol. The van der Waals surface area contributed by atoms with Gasteiger partial charge in [-0.3, -0.25) is 0 Å². The van der Waals surface area contributed by atoms with Crippen LogP contribution in [0.1, 0.15) is 51.6 Å². The third-order valence-corrected chi connectivity index (χ3v) is 4.63. The third-order valence-electron chi connectivity index (χ3n) is 4.07. The minimum absolute atomic E-state index is 0.231. The van der Waals surface area contributed by atoms with Crippen molar-refractivity contribution in [2.45, 2.75) is 46.1 Å². The molecule has 1 unspecified atom stereocenters. The molecule has 0 fully saturated rings. The van der Waals surface area contributed by atoms with Gasteiger partial charge in [-0.15, -0.1) is 0 Å². The molecule has 0 saturated heterocycles. The number of esters is 1. The number of allylic oxidation sites excluding steroid dienone is 1. The number of nitrogens with one attached hydrogen (secondary N) is 2. The maximum Gasteiger partial charge on any atom is 0.338 e. The van der Waals surface area contributed by atoms with Crippen molar-refractivity contribution in [3.8, 4) is 5.75 Å². The van der Waals surface area contributed by atoms with E-state index < -0.39 is 12.0 Å². The molecule has 2 rings (SSSR count).